The minimum atomic E-state index is 0.554. The van der Waals surface area contributed by atoms with Gasteiger partial charge in [0.15, 0.2) is 0 Å². The lowest BCUT2D eigenvalue weighted by Crippen LogP contribution is -2.52. The monoisotopic (exact) mass is 175 g/mol. The maximum absolute atomic E-state index is 3.89. The average Bonchev–Trinajstić information content (AvgIpc) is 2.44. The Bertz CT molecular complexity index is 279. The number of allylic oxidation sites excluding steroid dienone is 5. The van der Waals surface area contributed by atoms with Crippen LogP contribution in [0.2, 0.25) is 0 Å². The van der Waals surface area contributed by atoms with E-state index in [9.17, 15) is 0 Å². The predicted molar refractivity (Wildman–Crippen MR) is 56.6 cm³/mol. The summed E-state index contributed by atoms with van der Waals surface area (Å²) in [6.07, 6.45) is 8.87. The van der Waals surface area contributed by atoms with Crippen molar-refractivity contribution in [3.8, 4) is 0 Å². The standard InChI is InChI=1S/C12H17N/c1-3-5-11-7-12(8-13-9-12)6-10(11)4-2/h3-5,13H,2,6-9H2,1H3/b5-3-. The van der Waals surface area contributed by atoms with Crippen molar-refractivity contribution in [3.63, 3.8) is 0 Å². The van der Waals surface area contributed by atoms with Crippen molar-refractivity contribution < 1.29 is 0 Å². The molecule has 1 aliphatic carbocycles. The van der Waals surface area contributed by atoms with Crippen molar-refractivity contribution in [2.45, 2.75) is 19.8 Å². The third kappa shape index (κ3) is 1.37. The lowest BCUT2D eigenvalue weighted by Gasteiger charge is -2.39. The summed E-state index contributed by atoms with van der Waals surface area (Å²) < 4.78 is 0. The van der Waals surface area contributed by atoms with Crippen LogP contribution in [0, 0.1) is 5.41 Å². The molecule has 2 rings (SSSR count). The molecule has 1 N–H and O–H groups in total. The minimum Gasteiger partial charge on any atom is -0.315 e. The highest BCUT2D eigenvalue weighted by Crippen LogP contribution is 2.45. The van der Waals surface area contributed by atoms with Gasteiger partial charge in [0.05, 0.1) is 0 Å². The molecule has 1 spiro atoms. The van der Waals surface area contributed by atoms with Gasteiger partial charge < -0.3 is 5.32 Å². The summed E-state index contributed by atoms with van der Waals surface area (Å²) in [5.41, 5.74) is 3.51. The SMILES string of the molecule is C=CC1=C(/C=C\C)CC2(CNC2)C1. The van der Waals surface area contributed by atoms with Crippen LogP contribution in [0.15, 0.2) is 36.0 Å². The summed E-state index contributed by atoms with van der Waals surface area (Å²) >= 11 is 0. The summed E-state index contributed by atoms with van der Waals surface area (Å²) in [6.45, 7) is 8.34. The van der Waals surface area contributed by atoms with Crippen LogP contribution in [0.25, 0.3) is 0 Å². The highest BCUT2D eigenvalue weighted by atomic mass is 15.0. The quantitative estimate of drug-likeness (QED) is 0.679. The average molecular weight is 175 g/mol. The fraction of sp³-hybridized carbons (Fsp3) is 0.500. The van der Waals surface area contributed by atoms with Gasteiger partial charge in [-0.15, -0.1) is 0 Å². The fourth-order valence-corrected chi connectivity index (χ4v) is 2.40. The topological polar surface area (TPSA) is 12.0 Å². The molecule has 0 atom stereocenters. The molecule has 0 amide bonds. The molecule has 1 saturated heterocycles. The van der Waals surface area contributed by atoms with E-state index in [1.165, 1.54) is 37.1 Å². The predicted octanol–water partition coefficient (Wildman–Crippen LogP) is 2.43. The largest absolute Gasteiger partial charge is 0.315 e. The van der Waals surface area contributed by atoms with Crippen LogP contribution in [0.3, 0.4) is 0 Å². The van der Waals surface area contributed by atoms with Crippen molar-refractivity contribution in [2.24, 2.45) is 5.41 Å². The van der Waals surface area contributed by atoms with Crippen molar-refractivity contribution in [2.75, 3.05) is 13.1 Å². The van der Waals surface area contributed by atoms with Crippen molar-refractivity contribution in [1.82, 2.24) is 5.32 Å². The molecule has 1 aliphatic heterocycles. The van der Waals surface area contributed by atoms with Crippen molar-refractivity contribution in [1.29, 1.82) is 0 Å². The smallest absolute Gasteiger partial charge is 0.00333 e. The number of hydrogen-bond acceptors (Lipinski definition) is 1. The second-order valence-electron chi connectivity index (χ2n) is 4.21. The third-order valence-corrected chi connectivity index (χ3v) is 3.16. The van der Waals surface area contributed by atoms with Gasteiger partial charge >= 0.3 is 0 Å². The molecule has 0 bridgehead atoms. The first-order valence-corrected chi connectivity index (χ1v) is 4.97. The molecule has 0 aromatic rings. The maximum atomic E-state index is 3.89. The highest BCUT2D eigenvalue weighted by molar-refractivity contribution is 5.40. The lowest BCUT2D eigenvalue weighted by atomic mass is 9.78. The first-order valence-electron chi connectivity index (χ1n) is 4.97. The Morgan fingerprint density at radius 2 is 2.00 bits per heavy atom. The molecule has 0 aromatic heterocycles. The Morgan fingerprint density at radius 3 is 2.46 bits per heavy atom. The summed E-state index contributed by atoms with van der Waals surface area (Å²) in [4.78, 5) is 0. The highest BCUT2D eigenvalue weighted by Gasteiger charge is 2.41. The van der Waals surface area contributed by atoms with E-state index in [2.05, 4.69) is 31.0 Å². The van der Waals surface area contributed by atoms with Gasteiger partial charge in [-0.3, -0.25) is 0 Å². The summed E-state index contributed by atoms with van der Waals surface area (Å²) in [5.74, 6) is 0. The fourth-order valence-electron chi connectivity index (χ4n) is 2.40. The molecule has 2 aliphatic rings. The van der Waals surface area contributed by atoms with Gasteiger partial charge in [0.25, 0.3) is 0 Å². The molecule has 70 valence electrons. The first kappa shape index (κ1) is 8.76. The summed E-state index contributed by atoms with van der Waals surface area (Å²) in [7, 11) is 0. The van der Waals surface area contributed by atoms with E-state index < -0.39 is 0 Å². The molecule has 1 fully saturated rings. The molecule has 0 radical (unpaired) electrons. The number of rotatable bonds is 2. The van der Waals surface area contributed by atoms with Gasteiger partial charge in [-0.25, -0.2) is 0 Å². The van der Waals surface area contributed by atoms with Gasteiger partial charge in [-0.2, -0.15) is 0 Å². The second kappa shape index (κ2) is 3.15. The van der Waals surface area contributed by atoms with Crippen LogP contribution in [-0.4, -0.2) is 13.1 Å². The van der Waals surface area contributed by atoms with E-state index in [4.69, 9.17) is 0 Å². The van der Waals surface area contributed by atoms with E-state index >= 15 is 0 Å². The Morgan fingerprint density at radius 1 is 1.31 bits per heavy atom. The van der Waals surface area contributed by atoms with E-state index in [0.717, 1.165) is 0 Å². The van der Waals surface area contributed by atoms with Gasteiger partial charge in [-0.1, -0.05) is 24.8 Å². The Hall–Kier alpha value is -0.820. The molecular formula is C12H17N. The normalized spacial score (nSPS) is 25.6. The number of hydrogen-bond donors (Lipinski definition) is 1. The van der Waals surface area contributed by atoms with Gasteiger partial charge in [0, 0.05) is 18.5 Å². The van der Waals surface area contributed by atoms with Crippen LogP contribution in [-0.2, 0) is 0 Å². The van der Waals surface area contributed by atoms with Crippen LogP contribution >= 0.6 is 0 Å². The minimum absolute atomic E-state index is 0.554. The Kier molecular flexibility index (Phi) is 2.12. The first-order chi connectivity index (χ1) is 6.29. The zero-order chi connectivity index (χ0) is 9.31. The molecule has 0 saturated carbocycles. The van der Waals surface area contributed by atoms with E-state index in [1.807, 2.05) is 6.08 Å². The van der Waals surface area contributed by atoms with Gasteiger partial charge in [0.2, 0.25) is 0 Å². The maximum Gasteiger partial charge on any atom is 0.00333 e. The van der Waals surface area contributed by atoms with Crippen LogP contribution in [0.5, 0.6) is 0 Å². The van der Waals surface area contributed by atoms with E-state index in [-0.39, 0.29) is 0 Å². The zero-order valence-electron chi connectivity index (χ0n) is 8.27. The van der Waals surface area contributed by atoms with Crippen molar-refractivity contribution in [3.05, 3.63) is 36.0 Å². The molecule has 0 aromatic carbocycles. The molecule has 0 unspecified atom stereocenters. The Labute approximate surface area is 80.2 Å². The van der Waals surface area contributed by atoms with Crippen LogP contribution in [0.1, 0.15) is 19.8 Å². The van der Waals surface area contributed by atoms with Gasteiger partial charge in [-0.05, 0) is 30.9 Å². The second-order valence-corrected chi connectivity index (χ2v) is 4.21. The zero-order valence-corrected chi connectivity index (χ0v) is 8.27. The molecule has 1 nitrogen and oxygen atoms in total. The molecular weight excluding hydrogens is 158 g/mol. The summed E-state index contributed by atoms with van der Waals surface area (Å²) in [6, 6.07) is 0. The Balaban J connectivity index is 2.17. The van der Waals surface area contributed by atoms with Gasteiger partial charge in [0.1, 0.15) is 0 Å². The summed E-state index contributed by atoms with van der Waals surface area (Å²) in [5, 5.41) is 3.37. The van der Waals surface area contributed by atoms with E-state index in [1.54, 1.807) is 0 Å². The van der Waals surface area contributed by atoms with Crippen LogP contribution in [0.4, 0.5) is 0 Å². The molecule has 1 heteroatoms. The van der Waals surface area contributed by atoms with Crippen LogP contribution < -0.4 is 5.32 Å². The van der Waals surface area contributed by atoms with Crippen molar-refractivity contribution >= 4 is 0 Å². The molecule has 1 heterocycles. The van der Waals surface area contributed by atoms with E-state index in [0.29, 0.717) is 5.41 Å². The lowest BCUT2D eigenvalue weighted by molar-refractivity contribution is 0.183. The molecule has 13 heavy (non-hydrogen) atoms. The number of nitrogens with one attached hydrogen (secondary N) is 1. The third-order valence-electron chi connectivity index (χ3n) is 3.16.